The van der Waals surface area contributed by atoms with Crippen LogP contribution in [0, 0.1) is 5.92 Å². The van der Waals surface area contributed by atoms with E-state index in [9.17, 15) is 14.7 Å². The summed E-state index contributed by atoms with van der Waals surface area (Å²) in [5.41, 5.74) is 3.52. The first-order valence-corrected chi connectivity index (χ1v) is 19.5. The summed E-state index contributed by atoms with van der Waals surface area (Å²) in [6, 6.07) is 5.76. The fourth-order valence-electron chi connectivity index (χ4n) is 7.41. The summed E-state index contributed by atoms with van der Waals surface area (Å²) in [4.78, 5) is 31.2. The SMILES string of the molecule is CC(C)=CCC/C(C)=C/CN1C(=O)[C@@]2(O[C@@H](CCn3cc(CCO)nn3)[C@H]([Si](C)(C)F)[C@H]2C)c2cc(N3CCNCC3=O)ccc21. The zero-order valence-electron chi connectivity index (χ0n) is 28.1. The average Bonchev–Trinajstić information content (AvgIpc) is 3.64. The van der Waals surface area contributed by atoms with Crippen LogP contribution in [0.5, 0.6) is 0 Å². The molecule has 2 N–H and O–H groups in total. The van der Waals surface area contributed by atoms with Gasteiger partial charge in [0.05, 0.1) is 24.0 Å². The third-order valence-corrected chi connectivity index (χ3v) is 12.1. The molecule has 0 aliphatic carbocycles. The molecule has 0 unspecified atom stereocenters. The Balaban J connectivity index is 1.52. The molecular weight excluding hydrogens is 603 g/mol. The number of fused-ring (bicyclic) bond motifs is 2. The summed E-state index contributed by atoms with van der Waals surface area (Å²) < 4.78 is 24.9. The molecule has 5 rings (SSSR count). The largest absolute Gasteiger partial charge is 0.396 e. The maximum absolute atomic E-state index is 16.3. The van der Waals surface area contributed by atoms with Crippen molar-refractivity contribution < 1.29 is 23.5 Å². The van der Waals surface area contributed by atoms with Crippen molar-refractivity contribution >= 4 is 31.6 Å². The number of nitrogens with one attached hydrogen (secondary N) is 1. The van der Waals surface area contributed by atoms with E-state index in [0.29, 0.717) is 50.3 Å². The van der Waals surface area contributed by atoms with E-state index in [-0.39, 0.29) is 25.0 Å². The number of aliphatic hydroxyl groups is 1. The van der Waals surface area contributed by atoms with Crippen LogP contribution in [0.25, 0.3) is 0 Å². The van der Waals surface area contributed by atoms with Gasteiger partial charge in [0.15, 0.2) is 5.60 Å². The van der Waals surface area contributed by atoms with Crippen molar-refractivity contribution in [1.29, 1.82) is 0 Å². The van der Waals surface area contributed by atoms with Gasteiger partial charge in [-0.3, -0.25) is 14.3 Å². The minimum Gasteiger partial charge on any atom is -0.396 e. The number of aryl methyl sites for hydroxylation is 1. The second kappa shape index (κ2) is 13.9. The zero-order chi connectivity index (χ0) is 33.2. The van der Waals surface area contributed by atoms with Crippen LogP contribution in [-0.4, -0.2) is 79.2 Å². The Morgan fingerprint density at radius 3 is 2.72 bits per heavy atom. The molecule has 12 heteroatoms. The molecule has 0 saturated carbocycles. The summed E-state index contributed by atoms with van der Waals surface area (Å²) in [6.45, 7) is 13.9. The van der Waals surface area contributed by atoms with Crippen molar-refractivity contribution in [2.45, 2.75) is 90.3 Å². The number of carbonyl (C=O) groups is 2. The van der Waals surface area contributed by atoms with Gasteiger partial charge in [0.25, 0.3) is 5.91 Å². The molecule has 4 heterocycles. The summed E-state index contributed by atoms with van der Waals surface area (Å²) in [5.74, 6) is -0.639. The van der Waals surface area contributed by atoms with Gasteiger partial charge in [0.2, 0.25) is 14.3 Å². The molecule has 1 aromatic carbocycles. The Kier molecular flexibility index (Phi) is 10.3. The molecule has 46 heavy (non-hydrogen) atoms. The number of aliphatic hydroxyl groups excluding tert-OH is 1. The Bertz CT molecular complexity index is 1500. The first-order chi connectivity index (χ1) is 21.9. The van der Waals surface area contributed by atoms with Gasteiger partial charge in [-0.25, -0.2) is 0 Å². The summed E-state index contributed by atoms with van der Waals surface area (Å²) in [5, 5.41) is 20.7. The highest BCUT2D eigenvalue weighted by Gasteiger charge is 2.66. The third kappa shape index (κ3) is 6.76. The quantitative estimate of drug-likeness (QED) is 0.195. The topological polar surface area (TPSA) is 113 Å². The number of benzene rings is 1. The zero-order valence-corrected chi connectivity index (χ0v) is 29.1. The number of rotatable bonds is 12. The lowest BCUT2D eigenvalue weighted by Crippen LogP contribution is -2.48. The summed E-state index contributed by atoms with van der Waals surface area (Å²) in [6.07, 6.45) is 8.30. The third-order valence-electron chi connectivity index (χ3n) is 9.66. The molecule has 2 saturated heterocycles. The first kappa shape index (κ1) is 34.1. The van der Waals surface area contributed by atoms with Gasteiger partial charge in [0.1, 0.15) is 0 Å². The fourth-order valence-corrected chi connectivity index (χ4v) is 9.95. The van der Waals surface area contributed by atoms with E-state index in [1.807, 2.05) is 25.1 Å². The number of allylic oxidation sites excluding steroid dienone is 3. The molecule has 2 fully saturated rings. The van der Waals surface area contributed by atoms with Gasteiger partial charge < -0.3 is 29.1 Å². The number of aromatic nitrogens is 3. The summed E-state index contributed by atoms with van der Waals surface area (Å²) >= 11 is 0. The van der Waals surface area contributed by atoms with Crippen LogP contribution >= 0.6 is 0 Å². The molecule has 3 aliphatic rings. The molecule has 3 aliphatic heterocycles. The van der Waals surface area contributed by atoms with E-state index >= 15 is 4.11 Å². The minimum absolute atomic E-state index is 0.0160. The van der Waals surface area contributed by atoms with Gasteiger partial charge in [-0.05, 0) is 71.3 Å². The van der Waals surface area contributed by atoms with E-state index < -0.39 is 31.6 Å². The molecule has 2 amide bonds. The molecule has 0 radical (unpaired) electrons. The van der Waals surface area contributed by atoms with E-state index in [2.05, 4.69) is 48.6 Å². The minimum atomic E-state index is -3.34. The van der Waals surface area contributed by atoms with Crippen molar-refractivity contribution in [1.82, 2.24) is 20.3 Å². The second-order valence-corrected chi connectivity index (χ2v) is 17.5. The normalized spacial score (nSPS) is 25.1. The van der Waals surface area contributed by atoms with Crippen molar-refractivity contribution in [3.05, 3.63) is 59.0 Å². The van der Waals surface area contributed by atoms with Crippen LogP contribution in [0.2, 0.25) is 18.6 Å². The highest BCUT2D eigenvalue weighted by molar-refractivity contribution is 6.72. The van der Waals surface area contributed by atoms with Crippen molar-refractivity contribution in [3.63, 3.8) is 0 Å². The number of hydrogen-bond acceptors (Lipinski definition) is 7. The Labute approximate surface area is 272 Å². The van der Waals surface area contributed by atoms with Crippen LogP contribution in [0.15, 0.2) is 47.7 Å². The molecule has 4 atom stereocenters. The predicted octanol–water partition coefficient (Wildman–Crippen LogP) is 4.65. The molecular formula is C34H49FN6O4Si. The smallest absolute Gasteiger partial charge is 0.264 e. The summed E-state index contributed by atoms with van der Waals surface area (Å²) in [7, 11) is -3.34. The first-order valence-electron chi connectivity index (χ1n) is 16.5. The standard InChI is InChI=1S/C34H49FN6O4Si/c1-23(2)8-7-9-24(3)12-17-41-29-11-10-27(40-18-15-36-21-31(40)43)20-28(29)34(33(41)44)25(4)32(46(5,6)35)30(45-34)13-16-39-22-26(14-19-42)37-38-39/h8,10-12,20,22,25,30,32,36,42H,7,9,13-19,21H2,1-6H3/b24-12+/t25-,30+,32-,34+/m1/s1. The Morgan fingerprint density at radius 1 is 1.24 bits per heavy atom. The van der Waals surface area contributed by atoms with E-state index in [4.69, 9.17) is 4.74 Å². The number of hydrogen-bond donors (Lipinski definition) is 2. The van der Waals surface area contributed by atoms with Gasteiger partial charge in [-0.1, -0.05) is 35.4 Å². The number of amides is 2. The van der Waals surface area contributed by atoms with Crippen LogP contribution in [0.3, 0.4) is 0 Å². The van der Waals surface area contributed by atoms with Crippen LogP contribution in [0.1, 0.15) is 58.2 Å². The van der Waals surface area contributed by atoms with Crippen molar-refractivity contribution in [2.75, 3.05) is 42.6 Å². The number of ether oxygens (including phenoxy) is 1. The van der Waals surface area contributed by atoms with E-state index in [1.165, 1.54) is 11.1 Å². The molecule has 2 aromatic rings. The van der Waals surface area contributed by atoms with Crippen LogP contribution in [0.4, 0.5) is 15.5 Å². The number of halogens is 1. The number of nitrogens with zero attached hydrogens (tertiary/aromatic N) is 5. The highest BCUT2D eigenvalue weighted by Crippen LogP contribution is 2.60. The molecule has 250 valence electrons. The van der Waals surface area contributed by atoms with E-state index in [0.717, 1.165) is 24.2 Å². The van der Waals surface area contributed by atoms with Crippen LogP contribution < -0.4 is 15.1 Å². The van der Waals surface area contributed by atoms with Crippen molar-refractivity contribution in [2.24, 2.45) is 5.92 Å². The molecule has 1 aromatic heterocycles. The number of carbonyl (C=O) groups excluding carboxylic acids is 2. The monoisotopic (exact) mass is 652 g/mol. The average molecular weight is 653 g/mol. The number of anilines is 2. The fraction of sp³-hybridized carbons (Fsp3) is 0.588. The maximum atomic E-state index is 16.3. The molecule has 0 bridgehead atoms. The lowest BCUT2D eigenvalue weighted by atomic mass is 9.82. The molecule has 1 spiro atoms. The van der Waals surface area contributed by atoms with Crippen LogP contribution in [-0.2, 0) is 32.9 Å². The predicted molar refractivity (Wildman–Crippen MR) is 180 cm³/mol. The Morgan fingerprint density at radius 2 is 2.02 bits per heavy atom. The lowest BCUT2D eigenvalue weighted by molar-refractivity contribution is -0.145. The molecule has 10 nitrogen and oxygen atoms in total. The van der Waals surface area contributed by atoms with E-state index in [1.54, 1.807) is 33.8 Å². The van der Waals surface area contributed by atoms with Gasteiger partial charge in [-0.15, -0.1) is 5.10 Å². The maximum Gasteiger partial charge on any atom is 0.264 e. The van der Waals surface area contributed by atoms with Gasteiger partial charge in [0, 0.05) is 68.1 Å². The van der Waals surface area contributed by atoms with Gasteiger partial charge in [-0.2, -0.15) is 0 Å². The second-order valence-electron chi connectivity index (χ2n) is 13.7. The lowest BCUT2D eigenvalue weighted by Gasteiger charge is -2.32. The Hall–Kier alpha value is -3.19. The van der Waals surface area contributed by atoms with Crippen molar-refractivity contribution in [3.8, 4) is 0 Å². The van der Waals surface area contributed by atoms with Gasteiger partial charge >= 0.3 is 0 Å². The number of piperazine rings is 1. The highest BCUT2D eigenvalue weighted by atomic mass is 28.4.